The van der Waals surface area contributed by atoms with Crippen molar-refractivity contribution in [2.45, 2.75) is 96.6 Å². The van der Waals surface area contributed by atoms with Crippen LogP contribution in [0.15, 0.2) is 72.9 Å². The van der Waals surface area contributed by atoms with Crippen LogP contribution in [-0.4, -0.2) is 72.5 Å². The molecule has 0 radical (unpaired) electrons. The fourth-order valence-corrected chi connectivity index (χ4v) is 3.72. The molecule has 10 heteroatoms. The van der Waals surface area contributed by atoms with E-state index in [-0.39, 0.29) is 18.9 Å². The Morgan fingerprint density at radius 3 is 1.87 bits per heavy atom. The van der Waals surface area contributed by atoms with Gasteiger partial charge in [0, 0.05) is 25.1 Å². The number of hydrogen-bond donors (Lipinski definition) is 4. The Labute approximate surface area is 269 Å². The predicted molar refractivity (Wildman–Crippen MR) is 177 cm³/mol. The van der Waals surface area contributed by atoms with Gasteiger partial charge < -0.3 is 30.3 Å². The van der Waals surface area contributed by atoms with Crippen molar-refractivity contribution in [3.8, 4) is 0 Å². The lowest BCUT2D eigenvalue weighted by atomic mass is 10.1. The summed E-state index contributed by atoms with van der Waals surface area (Å²) in [4.78, 5) is 48.2. The zero-order chi connectivity index (χ0) is 33.4. The highest BCUT2D eigenvalue weighted by molar-refractivity contribution is 5.96. The quantitative estimate of drug-likeness (QED) is 0.0465. The zero-order valence-corrected chi connectivity index (χ0v) is 27.0. The lowest BCUT2D eigenvalue weighted by Gasteiger charge is -2.20. The molecule has 10 nitrogen and oxygen atoms in total. The molecule has 0 spiro atoms. The third-order valence-corrected chi connectivity index (χ3v) is 6.12. The van der Waals surface area contributed by atoms with Crippen molar-refractivity contribution in [3.05, 3.63) is 72.9 Å². The molecule has 0 aliphatic heterocycles. The molecule has 45 heavy (non-hydrogen) atoms. The minimum Gasteiger partial charge on any atom is -0.463 e. The zero-order valence-electron chi connectivity index (χ0n) is 27.0. The van der Waals surface area contributed by atoms with Gasteiger partial charge in [-0.3, -0.25) is 9.59 Å². The van der Waals surface area contributed by atoms with E-state index in [1.807, 2.05) is 0 Å². The largest absolute Gasteiger partial charge is 0.463 e. The summed E-state index contributed by atoms with van der Waals surface area (Å²) in [5.41, 5.74) is 0. The van der Waals surface area contributed by atoms with Gasteiger partial charge >= 0.3 is 11.9 Å². The number of aliphatic hydroxyl groups is 2. The summed E-state index contributed by atoms with van der Waals surface area (Å²) in [7, 11) is 0. The van der Waals surface area contributed by atoms with E-state index in [0.29, 0.717) is 25.8 Å². The van der Waals surface area contributed by atoms with E-state index in [2.05, 4.69) is 78.3 Å². The fraction of sp³-hybridized carbons (Fsp3) is 0.543. The van der Waals surface area contributed by atoms with Gasteiger partial charge in [-0.15, -0.1) is 0 Å². The van der Waals surface area contributed by atoms with Gasteiger partial charge in [0.2, 0.25) is 11.8 Å². The Hall–Kier alpha value is -3.76. The van der Waals surface area contributed by atoms with E-state index >= 15 is 0 Å². The molecular formula is C35H54N2O8. The Bertz CT molecular complexity index is 994. The fourth-order valence-electron chi connectivity index (χ4n) is 3.72. The van der Waals surface area contributed by atoms with Gasteiger partial charge in [0.05, 0.1) is 19.8 Å². The van der Waals surface area contributed by atoms with Crippen LogP contribution in [0.4, 0.5) is 0 Å². The maximum absolute atomic E-state index is 12.5. The number of ether oxygens (including phenoxy) is 2. The van der Waals surface area contributed by atoms with E-state index in [4.69, 9.17) is 9.47 Å². The smallest absolute Gasteiger partial charge is 0.330 e. The van der Waals surface area contributed by atoms with Crippen molar-refractivity contribution in [1.82, 2.24) is 10.6 Å². The van der Waals surface area contributed by atoms with Gasteiger partial charge in [0.1, 0.15) is 12.1 Å². The SMILES string of the molecule is CC/C=C\C/C=C\C/C=C\C/C=C\C/C=C\CCCC(=O)NCCCCC(NC(=O)/C=C/C(=O)OCC)C(=O)OC(CO)CO. The molecule has 252 valence electrons. The van der Waals surface area contributed by atoms with Gasteiger partial charge in [-0.25, -0.2) is 9.59 Å². The second-order valence-corrected chi connectivity index (χ2v) is 10.0. The molecule has 0 aromatic heterocycles. The molecule has 1 unspecified atom stereocenters. The minimum absolute atomic E-state index is 0.0514. The standard InChI is InChI=1S/C35H54N2O8/c1-3-5-6-7-8-9-10-11-12-13-14-15-16-17-18-19-20-24-32(40)36-27-22-21-23-31(35(43)45-30(28-38)29-39)37-33(41)25-26-34(42)44-4-2/h5-6,8-9,11-12,14-15,17-18,25-26,30-31,38-39H,3-4,7,10,13,16,19-24,27-29H2,1-2H3,(H,36,40)(H,37,41)/b6-5-,9-8-,12-11-,15-14-,18-17-,26-25+. The Morgan fingerprint density at radius 1 is 0.733 bits per heavy atom. The third-order valence-electron chi connectivity index (χ3n) is 6.12. The number of allylic oxidation sites excluding steroid dienone is 10. The van der Waals surface area contributed by atoms with Crippen LogP contribution in [0.3, 0.4) is 0 Å². The number of rotatable bonds is 26. The monoisotopic (exact) mass is 630 g/mol. The van der Waals surface area contributed by atoms with Crippen LogP contribution < -0.4 is 10.6 Å². The van der Waals surface area contributed by atoms with Crippen molar-refractivity contribution in [3.63, 3.8) is 0 Å². The molecular weight excluding hydrogens is 576 g/mol. The molecule has 0 saturated heterocycles. The first-order valence-corrected chi connectivity index (χ1v) is 16.0. The van der Waals surface area contributed by atoms with Gasteiger partial charge in [0.25, 0.3) is 0 Å². The van der Waals surface area contributed by atoms with E-state index in [1.54, 1.807) is 6.92 Å². The third kappa shape index (κ3) is 26.4. The molecule has 0 heterocycles. The molecule has 0 rings (SSSR count). The number of nitrogens with one attached hydrogen (secondary N) is 2. The van der Waals surface area contributed by atoms with E-state index < -0.39 is 43.2 Å². The number of carbonyl (C=O) groups is 4. The van der Waals surface area contributed by atoms with Gasteiger partial charge in [-0.2, -0.15) is 0 Å². The number of unbranched alkanes of at least 4 members (excludes halogenated alkanes) is 2. The van der Waals surface area contributed by atoms with Gasteiger partial charge in [-0.1, -0.05) is 67.7 Å². The minimum atomic E-state index is -1.11. The Balaban J connectivity index is 4.23. The first kappa shape index (κ1) is 41.2. The average molecular weight is 631 g/mol. The number of esters is 2. The second-order valence-electron chi connectivity index (χ2n) is 10.0. The summed E-state index contributed by atoms with van der Waals surface area (Å²) in [6, 6.07) is -1.07. The number of aliphatic hydroxyl groups excluding tert-OH is 2. The molecule has 1 atom stereocenters. The summed E-state index contributed by atoms with van der Waals surface area (Å²) in [6.07, 6.45) is 30.3. The average Bonchev–Trinajstić information content (AvgIpc) is 3.03. The van der Waals surface area contributed by atoms with Crippen molar-refractivity contribution in [1.29, 1.82) is 0 Å². The van der Waals surface area contributed by atoms with Crippen LogP contribution in [-0.2, 0) is 28.7 Å². The van der Waals surface area contributed by atoms with Crippen LogP contribution in [0, 0.1) is 0 Å². The summed E-state index contributed by atoms with van der Waals surface area (Å²) in [5, 5.41) is 23.7. The Kier molecular flexibility index (Phi) is 27.7. The topological polar surface area (TPSA) is 151 Å². The van der Waals surface area contributed by atoms with Gasteiger partial charge in [0.15, 0.2) is 0 Å². The summed E-state index contributed by atoms with van der Waals surface area (Å²) in [6.45, 7) is 3.19. The van der Waals surface area contributed by atoms with Crippen molar-refractivity contribution in [2.24, 2.45) is 0 Å². The van der Waals surface area contributed by atoms with Crippen LogP contribution >= 0.6 is 0 Å². The molecule has 0 aliphatic carbocycles. The molecule has 0 aliphatic rings. The predicted octanol–water partition coefficient (Wildman–Crippen LogP) is 4.70. The molecule has 2 amide bonds. The van der Waals surface area contributed by atoms with E-state index in [1.165, 1.54) is 0 Å². The molecule has 4 N–H and O–H groups in total. The van der Waals surface area contributed by atoms with Crippen LogP contribution in [0.1, 0.15) is 84.5 Å². The van der Waals surface area contributed by atoms with Crippen LogP contribution in [0.2, 0.25) is 0 Å². The second kappa shape index (κ2) is 30.3. The number of carbonyl (C=O) groups excluding carboxylic acids is 4. The van der Waals surface area contributed by atoms with Gasteiger partial charge in [-0.05, 0) is 71.1 Å². The lowest BCUT2D eigenvalue weighted by molar-refractivity contribution is -0.157. The summed E-state index contributed by atoms with van der Waals surface area (Å²) >= 11 is 0. The summed E-state index contributed by atoms with van der Waals surface area (Å²) in [5.74, 6) is -2.26. The van der Waals surface area contributed by atoms with Crippen molar-refractivity contribution >= 4 is 23.8 Å². The van der Waals surface area contributed by atoms with Crippen LogP contribution in [0.25, 0.3) is 0 Å². The molecule has 0 aromatic rings. The maximum atomic E-state index is 12.5. The molecule has 0 saturated carbocycles. The molecule has 0 fully saturated rings. The van der Waals surface area contributed by atoms with Crippen LogP contribution in [0.5, 0.6) is 0 Å². The van der Waals surface area contributed by atoms with E-state index in [9.17, 15) is 29.4 Å². The van der Waals surface area contributed by atoms with Crippen molar-refractivity contribution < 1.29 is 38.9 Å². The highest BCUT2D eigenvalue weighted by atomic mass is 16.6. The van der Waals surface area contributed by atoms with E-state index in [0.717, 1.165) is 57.1 Å². The lowest BCUT2D eigenvalue weighted by Crippen LogP contribution is -2.43. The number of amides is 2. The maximum Gasteiger partial charge on any atom is 0.330 e. The molecule has 0 aromatic carbocycles. The Morgan fingerprint density at radius 2 is 1.31 bits per heavy atom. The normalized spacial score (nSPS) is 12.8. The first-order chi connectivity index (χ1) is 21.9. The number of hydrogen-bond acceptors (Lipinski definition) is 8. The summed E-state index contributed by atoms with van der Waals surface area (Å²) < 4.78 is 9.76. The molecule has 0 bridgehead atoms. The van der Waals surface area contributed by atoms with Crippen molar-refractivity contribution in [2.75, 3.05) is 26.4 Å². The highest BCUT2D eigenvalue weighted by Gasteiger charge is 2.24. The first-order valence-electron chi connectivity index (χ1n) is 16.0. The highest BCUT2D eigenvalue weighted by Crippen LogP contribution is 2.06.